The summed E-state index contributed by atoms with van der Waals surface area (Å²) in [6, 6.07) is 17.7. The maximum atomic E-state index is 12.4. The molecule has 0 spiro atoms. The van der Waals surface area contributed by atoms with E-state index in [1.807, 2.05) is 73.8 Å². The molecule has 1 atom stereocenters. The SMILES string of the molecule is CC(C)C[C@H](Nc1nc(-c2cccc(NC(=O)Nc3ccccc3)c2)cs1)C(=O)NCC#N. The maximum Gasteiger partial charge on any atom is 0.323 e. The van der Waals surface area contributed by atoms with Gasteiger partial charge < -0.3 is 21.3 Å². The van der Waals surface area contributed by atoms with Crippen LogP contribution in [-0.4, -0.2) is 29.5 Å². The zero-order chi connectivity index (χ0) is 23.6. The number of carbonyl (C=O) groups is 2. The molecule has 0 unspecified atom stereocenters. The van der Waals surface area contributed by atoms with Gasteiger partial charge in [0.25, 0.3) is 0 Å². The van der Waals surface area contributed by atoms with Crippen LogP contribution in [0.15, 0.2) is 60.0 Å². The predicted molar refractivity (Wildman–Crippen MR) is 132 cm³/mol. The lowest BCUT2D eigenvalue weighted by molar-refractivity contribution is -0.121. The summed E-state index contributed by atoms with van der Waals surface area (Å²) in [5.41, 5.74) is 2.91. The number of anilines is 3. The van der Waals surface area contributed by atoms with Crippen molar-refractivity contribution in [2.45, 2.75) is 26.3 Å². The highest BCUT2D eigenvalue weighted by atomic mass is 32.1. The third-order valence-corrected chi connectivity index (χ3v) is 5.39. The predicted octanol–water partition coefficient (Wildman–Crippen LogP) is 4.92. The molecule has 1 heterocycles. The van der Waals surface area contributed by atoms with Crippen molar-refractivity contribution in [2.75, 3.05) is 22.5 Å². The van der Waals surface area contributed by atoms with E-state index in [1.54, 1.807) is 6.07 Å². The van der Waals surface area contributed by atoms with Crippen LogP contribution in [0.2, 0.25) is 0 Å². The number of para-hydroxylation sites is 1. The molecule has 8 nitrogen and oxygen atoms in total. The molecule has 3 rings (SSSR count). The van der Waals surface area contributed by atoms with E-state index in [2.05, 4.69) is 26.3 Å². The van der Waals surface area contributed by atoms with Crippen LogP contribution >= 0.6 is 11.3 Å². The first-order valence-electron chi connectivity index (χ1n) is 10.5. The van der Waals surface area contributed by atoms with Crippen LogP contribution in [0.3, 0.4) is 0 Å². The first-order valence-corrected chi connectivity index (χ1v) is 11.4. The van der Waals surface area contributed by atoms with Crippen molar-refractivity contribution in [1.29, 1.82) is 5.26 Å². The molecule has 0 aliphatic rings. The minimum Gasteiger partial charge on any atom is -0.350 e. The number of benzene rings is 2. The monoisotopic (exact) mass is 462 g/mol. The molecule has 0 radical (unpaired) electrons. The molecule has 0 aliphatic carbocycles. The Kier molecular flexibility index (Phi) is 8.38. The van der Waals surface area contributed by atoms with E-state index in [1.165, 1.54) is 11.3 Å². The van der Waals surface area contributed by atoms with Gasteiger partial charge in [-0.15, -0.1) is 11.3 Å². The van der Waals surface area contributed by atoms with E-state index in [-0.39, 0.29) is 18.5 Å². The number of hydrogen-bond acceptors (Lipinski definition) is 6. The first kappa shape index (κ1) is 23.8. The largest absolute Gasteiger partial charge is 0.350 e. The van der Waals surface area contributed by atoms with Crippen molar-refractivity contribution in [3.8, 4) is 17.3 Å². The van der Waals surface area contributed by atoms with Gasteiger partial charge in [0.15, 0.2) is 5.13 Å². The number of nitrogens with zero attached hydrogens (tertiary/aromatic N) is 2. The number of urea groups is 1. The van der Waals surface area contributed by atoms with Crippen molar-refractivity contribution in [2.24, 2.45) is 5.92 Å². The average Bonchev–Trinajstić information content (AvgIpc) is 3.26. The quantitative estimate of drug-likeness (QED) is 0.337. The van der Waals surface area contributed by atoms with Gasteiger partial charge in [-0.25, -0.2) is 9.78 Å². The molecule has 0 aliphatic heterocycles. The molecule has 4 N–H and O–H groups in total. The Hall–Kier alpha value is -3.90. The van der Waals surface area contributed by atoms with Gasteiger partial charge in [-0.1, -0.05) is 44.2 Å². The van der Waals surface area contributed by atoms with E-state index in [0.29, 0.717) is 28.8 Å². The Labute approximate surface area is 197 Å². The van der Waals surface area contributed by atoms with Gasteiger partial charge >= 0.3 is 6.03 Å². The minimum atomic E-state index is -0.480. The average molecular weight is 463 g/mol. The normalized spacial score (nSPS) is 11.3. The van der Waals surface area contributed by atoms with Crippen molar-refractivity contribution in [3.63, 3.8) is 0 Å². The lowest BCUT2D eigenvalue weighted by Gasteiger charge is -2.18. The van der Waals surface area contributed by atoms with Crippen molar-refractivity contribution >= 4 is 39.8 Å². The third-order valence-electron chi connectivity index (χ3n) is 4.62. The minimum absolute atomic E-state index is 0.0319. The number of nitriles is 1. The fourth-order valence-corrected chi connectivity index (χ4v) is 3.92. The molecular formula is C24H26N6O2S. The van der Waals surface area contributed by atoms with Crippen molar-refractivity contribution in [3.05, 3.63) is 60.0 Å². The number of carbonyl (C=O) groups excluding carboxylic acids is 2. The molecule has 9 heteroatoms. The fourth-order valence-electron chi connectivity index (χ4n) is 3.15. The highest BCUT2D eigenvalue weighted by Crippen LogP contribution is 2.28. The second kappa shape index (κ2) is 11.6. The van der Waals surface area contributed by atoms with Gasteiger partial charge in [-0.3, -0.25) is 4.79 Å². The smallest absolute Gasteiger partial charge is 0.323 e. The van der Waals surface area contributed by atoms with Gasteiger partial charge in [-0.2, -0.15) is 5.26 Å². The van der Waals surface area contributed by atoms with Crippen molar-refractivity contribution < 1.29 is 9.59 Å². The summed E-state index contributed by atoms with van der Waals surface area (Å²) >= 11 is 1.40. The number of thiazole rings is 1. The Morgan fingerprint density at radius 2 is 1.79 bits per heavy atom. The molecule has 0 bridgehead atoms. The molecule has 3 aromatic rings. The highest BCUT2D eigenvalue weighted by molar-refractivity contribution is 7.14. The van der Waals surface area contributed by atoms with Crippen LogP contribution in [-0.2, 0) is 4.79 Å². The zero-order valence-corrected chi connectivity index (χ0v) is 19.3. The molecular weight excluding hydrogens is 436 g/mol. The number of hydrogen-bond donors (Lipinski definition) is 4. The number of rotatable bonds is 9. The van der Waals surface area contributed by atoms with Crippen LogP contribution in [0.4, 0.5) is 21.3 Å². The molecule has 170 valence electrons. The summed E-state index contributed by atoms with van der Waals surface area (Å²) in [7, 11) is 0. The maximum absolute atomic E-state index is 12.4. The van der Waals surface area contributed by atoms with Gasteiger partial charge in [0, 0.05) is 22.3 Å². The van der Waals surface area contributed by atoms with Gasteiger partial charge in [0.1, 0.15) is 12.6 Å². The van der Waals surface area contributed by atoms with Crippen LogP contribution < -0.4 is 21.3 Å². The van der Waals surface area contributed by atoms with E-state index in [4.69, 9.17) is 5.26 Å². The van der Waals surface area contributed by atoms with Crippen LogP contribution in [0.1, 0.15) is 20.3 Å². The molecule has 33 heavy (non-hydrogen) atoms. The summed E-state index contributed by atoms with van der Waals surface area (Å²) in [4.78, 5) is 29.3. The number of nitrogens with one attached hydrogen (secondary N) is 4. The van der Waals surface area contributed by atoms with E-state index < -0.39 is 6.04 Å². The van der Waals surface area contributed by atoms with E-state index in [0.717, 1.165) is 11.3 Å². The molecule has 2 aromatic carbocycles. The highest BCUT2D eigenvalue weighted by Gasteiger charge is 2.21. The molecule has 1 aromatic heterocycles. The molecule has 3 amide bonds. The van der Waals surface area contributed by atoms with E-state index in [9.17, 15) is 9.59 Å². The second-order valence-corrected chi connectivity index (χ2v) is 8.62. The number of amides is 3. The standard InChI is InChI=1S/C24H26N6O2S/c1-16(2)13-20(22(31)26-12-11-25)29-24-30-21(15-33-24)17-7-6-10-19(14-17)28-23(32)27-18-8-4-3-5-9-18/h3-10,14-16,20H,12-13H2,1-2H3,(H,26,31)(H,29,30)(H2,27,28,32)/t20-/m0/s1. The van der Waals surface area contributed by atoms with Crippen LogP contribution in [0.5, 0.6) is 0 Å². The van der Waals surface area contributed by atoms with Gasteiger partial charge in [-0.05, 0) is 36.6 Å². The van der Waals surface area contributed by atoms with E-state index >= 15 is 0 Å². The van der Waals surface area contributed by atoms with Gasteiger partial charge in [0.2, 0.25) is 5.91 Å². The summed E-state index contributed by atoms with van der Waals surface area (Å²) in [5.74, 6) is 0.0668. The van der Waals surface area contributed by atoms with Gasteiger partial charge in [0.05, 0.1) is 11.8 Å². The van der Waals surface area contributed by atoms with Crippen molar-refractivity contribution in [1.82, 2.24) is 10.3 Å². The Bertz CT molecular complexity index is 1120. The van der Waals surface area contributed by atoms with Crippen LogP contribution in [0, 0.1) is 17.2 Å². The molecule has 0 saturated carbocycles. The summed E-state index contributed by atoms with van der Waals surface area (Å²) in [5, 5.41) is 22.6. The first-order chi connectivity index (χ1) is 15.9. The topological polar surface area (TPSA) is 119 Å². The Balaban J connectivity index is 1.67. The lowest BCUT2D eigenvalue weighted by atomic mass is 10.0. The lowest BCUT2D eigenvalue weighted by Crippen LogP contribution is -2.40. The number of aromatic nitrogens is 1. The molecule has 0 fully saturated rings. The Morgan fingerprint density at radius 1 is 1.06 bits per heavy atom. The summed E-state index contributed by atoms with van der Waals surface area (Å²) < 4.78 is 0. The fraction of sp³-hybridized carbons (Fsp3) is 0.250. The second-order valence-electron chi connectivity index (χ2n) is 7.77. The Morgan fingerprint density at radius 3 is 2.52 bits per heavy atom. The van der Waals surface area contributed by atoms with Crippen LogP contribution in [0.25, 0.3) is 11.3 Å². The zero-order valence-electron chi connectivity index (χ0n) is 18.5. The third kappa shape index (κ3) is 7.33. The molecule has 0 saturated heterocycles. The summed E-state index contributed by atoms with van der Waals surface area (Å²) in [6.07, 6.45) is 0.613. The summed E-state index contributed by atoms with van der Waals surface area (Å²) in [6.45, 7) is 4.04.